The van der Waals surface area contributed by atoms with Gasteiger partial charge >= 0.3 is 0 Å². The first-order valence-corrected chi connectivity index (χ1v) is 11.9. The molecule has 1 aliphatic rings. The van der Waals surface area contributed by atoms with Crippen LogP contribution in [0.15, 0.2) is 72.8 Å². The second-order valence-corrected chi connectivity index (χ2v) is 8.95. The van der Waals surface area contributed by atoms with Crippen LogP contribution in [-0.2, 0) is 11.3 Å². The highest BCUT2D eigenvalue weighted by Crippen LogP contribution is 2.37. The third-order valence-electron chi connectivity index (χ3n) is 6.21. The molecule has 0 saturated carbocycles. The number of aromatic nitrogens is 2. The molecule has 4 aromatic rings. The molecule has 0 unspecified atom stereocenters. The van der Waals surface area contributed by atoms with Gasteiger partial charge in [0.05, 0.1) is 35.4 Å². The van der Waals surface area contributed by atoms with E-state index in [-0.39, 0.29) is 25.0 Å². The Balaban J connectivity index is 1.40. The van der Waals surface area contributed by atoms with E-state index in [2.05, 4.69) is 0 Å². The molecular formula is C27H26ClN3O4. The molecule has 0 radical (unpaired) electrons. The predicted molar refractivity (Wildman–Crippen MR) is 135 cm³/mol. The lowest BCUT2D eigenvalue weighted by Crippen LogP contribution is -2.26. The van der Waals surface area contributed by atoms with E-state index in [4.69, 9.17) is 26.1 Å². The summed E-state index contributed by atoms with van der Waals surface area (Å²) in [4.78, 5) is 19.6. The van der Waals surface area contributed by atoms with Crippen LogP contribution in [-0.4, -0.2) is 46.9 Å². The Hall–Kier alpha value is -3.55. The van der Waals surface area contributed by atoms with E-state index in [9.17, 15) is 9.90 Å². The first-order chi connectivity index (χ1) is 17.0. The highest BCUT2D eigenvalue weighted by Gasteiger charge is 2.36. The van der Waals surface area contributed by atoms with Crippen LogP contribution in [0.5, 0.6) is 11.5 Å². The number of amides is 1. The molecule has 0 spiro atoms. The number of halogens is 1. The summed E-state index contributed by atoms with van der Waals surface area (Å²) in [7, 11) is 1.60. The minimum atomic E-state index is -0.801. The summed E-state index contributed by atoms with van der Waals surface area (Å²) in [5, 5.41) is 11.3. The average Bonchev–Trinajstić information content (AvgIpc) is 3.44. The Morgan fingerprint density at radius 2 is 1.77 bits per heavy atom. The number of aliphatic hydroxyl groups excluding tert-OH is 1. The minimum absolute atomic E-state index is 0.0145. The van der Waals surface area contributed by atoms with Crippen molar-refractivity contribution in [2.24, 2.45) is 0 Å². The molecule has 8 heteroatoms. The van der Waals surface area contributed by atoms with Crippen molar-refractivity contribution in [3.63, 3.8) is 0 Å². The van der Waals surface area contributed by atoms with Gasteiger partial charge in [0, 0.05) is 18.9 Å². The Kier molecular flexibility index (Phi) is 6.61. The maximum absolute atomic E-state index is 13.0. The molecule has 1 saturated heterocycles. The third-order valence-corrected chi connectivity index (χ3v) is 6.52. The smallest absolute Gasteiger partial charge is 0.227 e. The Labute approximate surface area is 208 Å². The molecule has 1 aromatic heterocycles. The first kappa shape index (κ1) is 23.2. The highest BCUT2D eigenvalue weighted by molar-refractivity contribution is 6.32. The molecule has 1 fully saturated rings. The van der Waals surface area contributed by atoms with Gasteiger partial charge in [0.15, 0.2) is 0 Å². The zero-order valence-electron chi connectivity index (χ0n) is 19.3. The van der Waals surface area contributed by atoms with Crippen LogP contribution in [0.1, 0.15) is 18.2 Å². The Bertz CT molecular complexity index is 1360. The molecule has 0 bridgehead atoms. The maximum Gasteiger partial charge on any atom is 0.227 e. The second kappa shape index (κ2) is 9.98. The fourth-order valence-electron chi connectivity index (χ4n) is 4.58. The normalized spacial score (nSPS) is 16.6. The van der Waals surface area contributed by atoms with Crippen molar-refractivity contribution in [1.82, 2.24) is 9.55 Å². The number of carbonyl (C=O) groups excluding carboxylic acids is 1. The van der Waals surface area contributed by atoms with Crippen molar-refractivity contribution in [1.29, 1.82) is 0 Å². The maximum atomic E-state index is 13.0. The van der Waals surface area contributed by atoms with E-state index in [1.165, 1.54) is 0 Å². The van der Waals surface area contributed by atoms with Gasteiger partial charge < -0.3 is 24.0 Å². The molecule has 0 aliphatic carbocycles. The van der Waals surface area contributed by atoms with Crippen molar-refractivity contribution < 1.29 is 19.4 Å². The number of hydrogen-bond donors (Lipinski definition) is 1. The molecule has 1 amide bonds. The van der Waals surface area contributed by atoms with Crippen LogP contribution in [0.3, 0.4) is 0 Å². The molecule has 2 atom stereocenters. The van der Waals surface area contributed by atoms with Crippen LogP contribution in [0.25, 0.3) is 11.0 Å². The van der Waals surface area contributed by atoms with E-state index in [1.807, 2.05) is 65.2 Å². The number of hydrogen-bond acceptors (Lipinski definition) is 5. The number of fused-ring (bicyclic) bond motifs is 1. The van der Waals surface area contributed by atoms with Crippen molar-refractivity contribution in [3.05, 3.63) is 83.6 Å². The van der Waals surface area contributed by atoms with E-state index in [0.29, 0.717) is 29.5 Å². The van der Waals surface area contributed by atoms with E-state index < -0.39 is 6.10 Å². The number of carbonyl (C=O) groups is 1. The summed E-state index contributed by atoms with van der Waals surface area (Å²) in [6.45, 7) is 0.834. The van der Waals surface area contributed by atoms with Gasteiger partial charge in [-0.3, -0.25) is 4.79 Å². The number of imidazole rings is 1. The van der Waals surface area contributed by atoms with Gasteiger partial charge in [-0.1, -0.05) is 48.0 Å². The summed E-state index contributed by atoms with van der Waals surface area (Å²) < 4.78 is 13.2. The van der Waals surface area contributed by atoms with Gasteiger partial charge in [-0.05, 0) is 36.4 Å². The highest BCUT2D eigenvalue weighted by atomic mass is 35.5. The van der Waals surface area contributed by atoms with Crippen LogP contribution in [0, 0.1) is 0 Å². The summed E-state index contributed by atoms with van der Waals surface area (Å²) >= 11 is 6.17. The number of para-hydroxylation sites is 5. The van der Waals surface area contributed by atoms with Crippen LogP contribution in [0.2, 0.25) is 5.02 Å². The van der Waals surface area contributed by atoms with Gasteiger partial charge in [-0.25, -0.2) is 4.98 Å². The molecule has 2 heterocycles. The topological polar surface area (TPSA) is 76.8 Å². The second-order valence-electron chi connectivity index (χ2n) is 8.54. The summed E-state index contributed by atoms with van der Waals surface area (Å²) in [5.41, 5.74) is 2.48. The zero-order chi connectivity index (χ0) is 24.4. The van der Waals surface area contributed by atoms with Crippen molar-refractivity contribution >= 4 is 34.2 Å². The quantitative estimate of drug-likeness (QED) is 0.388. The number of aliphatic hydroxyl groups is 1. The molecule has 180 valence electrons. The monoisotopic (exact) mass is 491 g/mol. The molecule has 7 nitrogen and oxygen atoms in total. The van der Waals surface area contributed by atoms with E-state index in [0.717, 1.165) is 22.5 Å². The molecule has 3 aromatic carbocycles. The van der Waals surface area contributed by atoms with Crippen molar-refractivity contribution in [2.75, 3.05) is 25.2 Å². The molecular weight excluding hydrogens is 466 g/mol. The number of nitrogens with zero attached hydrogens (tertiary/aromatic N) is 3. The van der Waals surface area contributed by atoms with Gasteiger partial charge in [0.2, 0.25) is 5.91 Å². The van der Waals surface area contributed by atoms with Crippen LogP contribution < -0.4 is 14.4 Å². The predicted octanol–water partition coefficient (Wildman–Crippen LogP) is 4.66. The lowest BCUT2D eigenvalue weighted by molar-refractivity contribution is -0.117. The van der Waals surface area contributed by atoms with Crippen molar-refractivity contribution in [2.45, 2.75) is 25.0 Å². The molecule has 1 aliphatic heterocycles. The van der Waals surface area contributed by atoms with Crippen LogP contribution >= 0.6 is 11.6 Å². The minimum Gasteiger partial charge on any atom is -0.495 e. The SMILES string of the molecule is COc1ccccc1N1C[C@H](c2nc3ccccc3n2C[C@@H](O)COc2ccccc2Cl)CC1=O. The number of benzene rings is 3. The van der Waals surface area contributed by atoms with E-state index >= 15 is 0 Å². The molecule has 1 N–H and O–H groups in total. The number of ether oxygens (including phenoxy) is 2. The fraction of sp³-hybridized carbons (Fsp3) is 0.259. The average molecular weight is 492 g/mol. The van der Waals surface area contributed by atoms with Gasteiger partial charge in [-0.2, -0.15) is 0 Å². The summed E-state index contributed by atoms with van der Waals surface area (Å²) in [5.74, 6) is 1.84. The summed E-state index contributed by atoms with van der Waals surface area (Å²) in [6, 6.07) is 22.5. The summed E-state index contributed by atoms with van der Waals surface area (Å²) in [6.07, 6.45) is -0.474. The van der Waals surface area contributed by atoms with E-state index in [1.54, 1.807) is 24.1 Å². The van der Waals surface area contributed by atoms with Crippen molar-refractivity contribution in [3.8, 4) is 11.5 Å². The number of rotatable bonds is 8. The Morgan fingerprint density at radius 3 is 2.57 bits per heavy atom. The zero-order valence-corrected chi connectivity index (χ0v) is 20.1. The number of methoxy groups -OCH3 is 1. The Morgan fingerprint density at radius 1 is 1.06 bits per heavy atom. The largest absolute Gasteiger partial charge is 0.495 e. The van der Waals surface area contributed by atoms with Gasteiger partial charge in [0.25, 0.3) is 0 Å². The van der Waals surface area contributed by atoms with Gasteiger partial charge in [0.1, 0.15) is 30.0 Å². The molecule has 35 heavy (non-hydrogen) atoms. The van der Waals surface area contributed by atoms with Gasteiger partial charge in [-0.15, -0.1) is 0 Å². The van der Waals surface area contributed by atoms with Crippen LogP contribution in [0.4, 0.5) is 5.69 Å². The lowest BCUT2D eigenvalue weighted by Gasteiger charge is -2.20. The third kappa shape index (κ3) is 4.70. The fourth-order valence-corrected chi connectivity index (χ4v) is 4.77. The standard InChI is InChI=1S/C27H26ClN3O4/c1-34-25-13-7-5-11-23(25)30-15-18(14-26(30)33)27-29-21-9-3-4-10-22(21)31(27)16-19(32)17-35-24-12-6-2-8-20(24)28/h2-13,18-19,32H,14-17H2,1H3/t18-,19-/m1/s1. The first-order valence-electron chi connectivity index (χ1n) is 11.5. The lowest BCUT2D eigenvalue weighted by atomic mass is 10.1. The number of anilines is 1. The molecule has 5 rings (SSSR count).